The molecule has 1 atom stereocenters. The van der Waals surface area contributed by atoms with E-state index in [4.69, 9.17) is 9.72 Å². The number of rotatable bonds is 6. The highest BCUT2D eigenvalue weighted by atomic mass is 16.5. The minimum atomic E-state index is -0.175. The third-order valence-corrected chi connectivity index (χ3v) is 6.25. The maximum absolute atomic E-state index is 12.0. The summed E-state index contributed by atoms with van der Waals surface area (Å²) in [7, 11) is 3.17. The first kappa shape index (κ1) is 20.2. The number of fused-ring (bicyclic) bond motifs is 3. The van der Waals surface area contributed by atoms with Gasteiger partial charge < -0.3 is 20.3 Å². The van der Waals surface area contributed by atoms with Gasteiger partial charge in [0.15, 0.2) is 11.6 Å². The zero-order valence-electron chi connectivity index (χ0n) is 18.4. The van der Waals surface area contributed by atoms with Crippen LogP contribution in [0.25, 0.3) is 5.69 Å². The summed E-state index contributed by atoms with van der Waals surface area (Å²) >= 11 is 0. The van der Waals surface area contributed by atoms with Crippen molar-refractivity contribution in [1.29, 1.82) is 0 Å². The fourth-order valence-corrected chi connectivity index (χ4v) is 4.39. The molecule has 1 unspecified atom stereocenters. The maximum Gasteiger partial charge on any atom is 0.251 e. The first-order valence-corrected chi connectivity index (χ1v) is 10.9. The molecule has 5 rings (SSSR count). The number of benzene rings is 1. The third kappa shape index (κ3) is 3.22. The number of hydrogen-bond donors (Lipinski definition) is 2. The molecule has 2 aliphatic rings. The third-order valence-electron chi connectivity index (χ3n) is 6.25. The van der Waals surface area contributed by atoms with E-state index in [1.165, 1.54) is 6.42 Å². The summed E-state index contributed by atoms with van der Waals surface area (Å²) in [5.74, 6) is 2.64. The lowest BCUT2D eigenvalue weighted by Crippen LogP contribution is -2.46. The molecule has 1 aliphatic heterocycles. The van der Waals surface area contributed by atoms with E-state index in [0.717, 1.165) is 36.6 Å². The first-order valence-electron chi connectivity index (χ1n) is 10.9. The van der Waals surface area contributed by atoms with E-state index in [1.54, 1.807) is 44.9 Å². The van der Waals surface area contributed by atoms with Gasteiger partial charge in [0.2, 0.25) is 5.95 Å². The lowest BCUT2D eigenvalue weighted by atomic mass is 9.89. The van der Waals surface area contributed by atoms with Crippen LogP contribution >= 0.6 is 0 Å². The van der Waals surface area contributed by atoms with E-state index in [-0.39, 0.29) is 11.9 Å². The highest BCUT2D eigenvalue weighted by molar-refractivity contribution is 5.95. The van der Waals surface area contributed by atoms with E-state index in [1.807, 2.05) is 4.57 Å². The molecule has 1 aliphatic carbocycles. The average molecular weight is 435 g/mol. The number of ether oxygens (including phenoxy) is 1. The van der Waals surface area contributed by atoms with Crippen molar-refractivity contribution >= 4 is 23.4 Å². The SMILES string of the molecule is CCC1c2nncn2-c2cnc(Nc3ccc(C(=O)NC)cc3OC)nc2N1C1CCC1. The number of carbonyl (C=O) groups excluding carboxylic acids is 1. The molecule has 2 N–H and O–H groups in total. The molecule has 0 radical (unpaired) electrons. The van der Waals surface area contributed by atoms with Gasteiger partial charge in [0.25, 0.3) is 5.91 Å². The van der Waals surface area contributed by atoms with Crippen molar-refractivity contribution in [2.45, 2.75) is 44.7 Å². The quantitative estimate of drug-likeness (QED) is 0.609. The number of nitrogens with zero attached hydrogens (tertiary/aromatic N) is 6. The summed E-state index contributed by atoms with van der Waals surface area (Å²) in [4.78, 5) is 23.8. The summed E-state index contributed by atoms with van der Waals surface area (Å²) < 4.78 is 7.48. The lowest BCUT2D eigenvalue weighted by Gasteiger charge is -2.45. The molecule has 0 saturated heterocycles. The van der Waals surface area contributed by atoms with Crippen molar-refractivity contribution in [3.63, 3.8) is 0 Å². The Hall–Kier alpha value is -3.69. The van der Waals surface area contributed by atoms with Crippen LogP contribution in [0.3, 0.4) is 0 Å². The Balaban J connectivity index is 1.53. The highest BCUT2D eigenvalue weighted by Gasteiger charge is 2.39. The molecule has 1 saturated carbocycles. The van der Waals surface area contributed by atoms with Crippen LogP contribution in [-0.2, 0) is 0 Å². The van der Waals surface area contributed by atoms with E-state index >= 15 is 0 Å². The Morgan fingerprint density at radius 3 is 2.84 bits per heavy atom. The zero-order valence-corrected chi connectivity index (χ0v) is 18.4. The number of anilines is 3. The fourth-order valence-electron chi connectivity index (χ4n) is 4.39. The molecule has 1 aromatic carbocycles. The second-order valence-corrected chi connectivity index (χ2v) is 8.00. The molecule has 3 heterocycles. The van der Waals surface area contributed by atoms with Crippen LogP contribution in [0.2, 0.25) is 0 Å². The number of carbonyl (C=O) groups is 1. The van der Waals surface area contributed by atoms with E-state index < -0.39 is 0 Å². The smallest absolute Gasteiger partial charge is 0.251 e. The first-order chi connectivity index (χ1) is 15.6. The van der Waals surface area contributed by atoms with E-state index in [2.05, 4.69) is 37.6 Å². The topological polar surface area (TPSA) is 110 Å². The molecule has 166 valence electrons. The molecule has 3 aromatic rings. The molecule has 32 heavy (non-hydrogen) atoms. The normalized spacial score (nSPS) is 17.2. The standard InChI is InChI=1S/C22H26N8O2/c1-4-16-20-28-25-12-29(20)17-11-24-22(27-19(17)30(16)14-6-5-7-14)26-15-9-8-13(21(31)23-2)10-18(15)32-3/h8-12,14,16H,4-7H2,1-3H3,(H,23,31)(H,24,26,27). The number of amides is 1. The van der Waals surface area contributed by atoms with Gasteiger partial charge in [-0.05, 0) is 43.9 Å². The van der Waals surface area contributed by atoms with E-state index in [0.29, 0.717) is 29.0 Å². The Bertz CT molecular complexity index is 1160. The van der Waals surface area contributed by atoms with Crippen LogP contribution < -0.4 is 20.3 Å². The van der Waals surface area contributed by atoms with Gasteiger partial charge in [-0.25, -0.2) is 4.98 Å². The van der Waals surface area contributed by atoms with Crippen molar-refractivity contribution in [1.82, 2.24) is 30.0 Å². The van der Waals surface area contributed by atoms with Crippen LogP contribution in [0.5, 0.6) is 5.75 Å². The predicted octanol–water partition coefficient (Wildman–Crippen LogP) is 2.99. The fraction of sp³-hybridized carbons (Fsp3) is 0.409. The summed E-state index contributed by atoms with van der Waals surface area (Å²) in [6.07, 6.45) is 7.96. The molecule has 0 spiro atoms. The molecule has 10 heteroatoms. The van der Waals surface area contributed by atoms with Gasteiger partial charge >= 0.3 is 0 Å². The molecular formula is C22H26N8O2. The maximum atomic E-state index is 12.0. The van der Waals surface area contributed by atoms with Crippen LogP contribution in [0, 0.1) is 0 Å². The van der Waals surface area contributed by atoms with Gasteiger partial charge in [0.05, 0.1) is 25.0 Å². The molecule has 2 aromatic heterocycles. The van der Waals surface area contributed by atoms with Crippen molar-refractivity contribution in [2.24, 2.45) is 0 Å². The lowest BCUT2D eigenvalue weighted by molar-refractivity contribution is 0.0963. The summed E-state index contributed by atoms with van der Waals surface area (Å²) in [5.41, 5.74) is 2.08. The van der Waals surface area contributed by atoms with Crippen LogP contribution in [-0.4, -0.2) is 50.8 Å². The van der Waals surface area contributed by atoms with Crippen molar-refractivity contribution < 1.29 is 9.53 Å². The Kier molecular flexibility index (Phi) is 5.12. The zero-order chi connectivity index (χ0) is 22.2. The van der Waals surface area contributed by atoms with Gasteiger partial charge in [0, 0.05) is 18.7 Å². The van der Waals surface area contributed by atoms with Crippen molar-refractivity contribution in [2.75, 3.05) is 24.4 Å². The van der Waals surface area contributed by atoms with Crippen LogP contribution in [0.15, 0.2) is 30.7 Å². The van der Waals surface area contributed by atoms with Gasteiger partial charge in [0.1, 0.15) is 17.8 Å². The second-order valence-electron chi connectivity index (χ2n) is 8.00. The Labute approximate surface area is 186 Å². The van der Waals surface area contributed by atoms with Crippen LogP contribution in [0.1, 0.15) is 54.8 Å². The minimum Gasteiger partial charge on any atom is -0.495 e. The summed E-state index contributed by atoms with van der Waals surface area (Å²) in [5, 5.41) is 14.4. The average Bonchev–Trinajstić information content (AvgIpc) is 3.27. The monoisotopic (exact) mass is 434 g/mol. The largest absolute Gasteiger partial charge is 0.495 e. The molecule has 10 nitrogen and oxygen atoms in total. The number of methoxy groups -OCH3 is 1. The number of aromatic nitrogens is 5. The van der Waals surface area contributed by atoms with Gasteiger partial charge in [-0.15, -0.1) is 10.2 Å². The predicted molar refractivity (Wildman–Crippen MR) is 120 cm³/mol. The molecule has 1 fully saturated rings. The molecule has 0 bridgehead atoms. The Morgan fingerprint density at radius 2 is 2.16 bits per heavy atom. The summed E-state index contributed by atoms with van der Waals surface area (Å²) in [6.45, 7) is 2.17. The Morgan fingerprint density at radius 1 is 1.31 bits per heavy atom. The highest BCUT2D eigenvalue weighted by Crippen LogP contribution is 2.43. The minimum absolute atomic E-state index is 0.124. The van der Waals surface area contributed by atoms with Gasteiger partial charge in [-0.2, -0.15) is 4.98 Å². The summed E-state index contributed by atoms with van der Waals surface area (Å²) in [6, 6.07) is 5.78. The van der Waals surface area contributed by atoms with E-state index in [9.17, 15) is 4.79 Å². The second kappa shape index (κ2) is 8.10. The van der Waals surface area contributed by atoms with Crippen molar-refractivity contribution in [3.05, 3.63) is 42.1 Å². The number of hydrogen-bond acceptors (Lipinski definition) is 8. The number of nitrogens with one attached hydrogen (secondary N) is 2. The van der Waals surface area contributed by atoms with Crippen molar-refractivity contribution in [3.8, 4) is 11.4 Å². The molecular weight excluding hydrogens is 408 g/mol. The van der Waals surface area contributed by atoms with Crippen LogP contribution in [0.4, 0.5) is 17.5 Å². The molecule has 1 amide bonds. The van der Waals surface area contributed by atoms with Gasteiger partial charge in [-0.3, -0.25) is 9.36 Å². The van der Waals surface area contributed by atoms with Gasteiger partial charge in [-0.1, -0.05) is 6.92 Å².